The molecule has 36 heavy (non-hydrogen) atoms. The molecule has 0 bridgehead atoms. The summed E-state index contributed by atoms with van der Waals surface area (Å²) in [6.45, 7) is 4.01. The molecule has 1 aromatic heterocycles. The Hall–Kier alpha value is -2.64. The Kier molecular flexibility index (Phi) is 8.06. The number of likely N-dealkylation sites (tertiary alicyclic amines) is 1. The Labute approximate surface area is 211 Å². The smallest absolute Gasteiger partial charge is 0.475 e. The zero-order chi connectivity index (χ0) is 26.9. The van der Waals surface area contributed by atoms with Crippen LogP contribution in [0.1, 0.15) is 30.9 Å². The van der Waals surface area contributed by atoms with Crippen LogP contribution in [0.25, 0.3) is 0 Å². The van der Waals surface area contributed by atoms with Crippen molar-refractivity contribution in [1.82, 2.24) is 14.7 Å². The Morgan fingerprint density at radius 3 is 2.61 bits per heavy atom. The van der Waals surface area contributed by atoms with Gasteiger partial charge in [0, 0.05) is 47.9 Å². The molecule has 14 heteroatoms. The molecule has 0 aliphatic carbocycles. The number of aliphatic carboxylic acids is 1. The molecule has 1 amide bonds. The molecule has 2 atom stereocenters. The number of benzene rings is 1. The van der Waals surface area contributed by atoms with Gasteiger partial charge in [0.1, 0.15) is 9.84 Å². The van der Waals surface area contributed by atoms with Crippen molar-refractivity contribution in [1.29, 1.82) is 0 Å². The normalized spacial score (nSPS) is 22.1. The number of halogens is 4. The Balaban J connectivity index is 0.000000454. The number of nitrogens with zero attached hydrogens (tertiary/aromatic N) is 3. The van der Waals surface area contributed by atoms with Crippen molar-refractivity contribution in [2.75, 3.05) is 23.9 Å². The summed E-state index contributed by atoms with van der Waals surface area (Å²) in [4.78, 5) is 24.1. The Morgan fingerprint density at radius 2 is 2.03 bits per heavy atom. The van der Waals surface area contributed by atoms with Gasteiger partial charge in [0.15, 0.2) is 0 Å². The minimum Gasteiger partial charge on any atom is -0.475 e. The molecule has 4 rings (SSSR count). The van der Waals surface area contributed by atoms with Gasteiger partial charge in [-0.25, -0.2) is 13.2 Å². The van der Waals surface area contributed by atoms with Crippen LogP contribution in [0, 0.1) is 0 Å². The maximum atomic E-state index is 12.9. The molecule has 2 N–H and O–H groups in total. The van der Waals surface area contributed by atoms with Crippen LogP contribution in [0.15, 0.2) is 30.6 Å². The molecule has 2 aromatic rings. The number of aromatic nitrogens is 2. The summed E-state index contributed by atoms with van der Waals surface area (Å²) < 4.78 is 56.1. The van der Waals surface area contributed by atoms with Crippen LogP contribution in [-0.4, -0.2) is 70.9 Å². The molecule has 2 aliphatic rings. The third kappa shape index (κ3) is 6.56. The first-order valence-corrected chi connectivity index (χ1v) is 13.4. The summed E-state index contributed by atoms with van der Waals surface area (Å²) in [5.74, 6) is -2.62. The number of alkyl halides is 3. The average Bonchev–Trinajstić information content (AvgIpc) is 3.31. The number of carboxylic acids is 1. The lowest BCUT2D eigenvalue weighted by molar-refractivity contribution is -0.192. The second-order valence-corrected chi connectivity index (χ2v) is 11.7. The highest BCUT2D eigenvalue weighted by Gasteiger charge is 2.50. The number of carboxylic acid groups (broad SMARTS) is 1. The summed E-state index contributed by atoms with van der Waals surface area (Å²) in [6.07, 6.45) is 1.30. The van der Waals surface area contributed by atoms with Gasteiger partial charge in [0.2, 0.25) is 5.91 Å². The van der Waals surface area contributed by atoms with E-state index in [1.165, 1.54) is 6.26 Å². The molecule has 1 spiro atoms. The summed E-state index contributed by atoms with van der Waals surface area (Å²) in [7, 11) is -3.01. The van der Waals surface area contributed by atoms with Crippen LogP contribution in [0.5, 0.6) is 0 Å². The molecular weight excluding hydrogens is 525 g/mol. The second kappa shape index (κ2) is 10.4. The van der Waals surface area contributed by atoms with Crippen molar-refractivity contribution < 1.29 is 36.3 Å². The van der Waals surface area contributed by atoms with Crippen LogP contribution in [0.4, 0.5) is 18.9 Å². The molecule has 198 valence electrons. The first kappa shape index (κ1) is 27.9. The van der Waals surface area contributed by atoms with Crippen LogP contribution < -0.4 is 5.32 Å². The van der Waals surface area contributed by atoms with Gasteiger partial charge in [-0.05, 0) is 43.5 Å². The molecule has 1 aromatic carbocycles. The van der Waals surface area contributed by atoms with E-state index in [9.17, 15) is 26.4 Å². The van der Waals surface area contributed by atoms with Gasteiger partial charge in [-0.3, -0.25) is 14.4 Å². The van der Waals surface area contributed by atoms with Gasteiger partial charge in [-0.15, -0.1) is 0 Å². The van der Waals surface area contributed by atoms with Crippen molar-refractivity contribution in [2.45, 2.75) is 50.5 Å². The number of sulfone groups is 1. The van der Waals surface area contributed by atoms with Gasteiger partial charge in [0.05, 0.1) is 23.9 Å². The van der Waals surface area contributed by atoms with Gasteiger partial charge in [-0.2, -0.15) is 18.3 Å². The Morgan fingerprint density at radius 1 is 1.36 bits per heavy atom. The topological polar surface area (TPSA) is 122 Å². The number of amides is 1. The number of carbonyl (C=O) groups is 2. The third-order valence-electron chi connectivity index (χ3n) is 6.28. The molecule has 2 unspecified atom stereocenters. The van der Waals surface area contributed by atoms with E-state index in [0.717, 1.165) is 42.7 Å². The molecule has 2 aliphatic heterocycles. The molecule has 0 saturated carbocycles. The van der Waals surface area contributed by atoms with Crippen molar-refractivity contribution in [3.05, 3.63) is 46.7 Å². The van der Waals surface area contributed by atoms with Gasteiger partial charge in [-0.1, -0.05) is 11.6 Å². The maximum absolute atomic E-state index is 12.9. The SMILES string of the molecule is CC1CC2(CCN1Cc1cnn(CCS(C)(=O)=O)c1)C(=O)Nc1ccc(Cl)cc12.O=C(O)C(F)(F)F. The van der Waals surface area contributed by atoms with Gasteiger partial charge in [0.25, 0.3) is 0 Å². The quantitative estimate of drug-likeness (QED) is 0.586. The summed E-state index contributed by atoms with van der Waals surface area (Å²) in [5, 5.41) is 15.1. The first-order chi connectivity index (χ1) is 16.6. The van der Waals surface area contributed by atoms with Gasteiger partial charge < -0.3 is 10.4 Å². The lowest BCUT2D eigenvalue weighted by Crippen LogP contribution is -2.50. The number of fused-ring (bicyclic) bond motifs is 2. The predicted octanol–water partition coefficient (Wildman–Crippen LogP) is 3.09. The lowest BCUT2D eigenvalue weighted by atomic mass is 9.71. The van der Waals surface area contributed by atoms with E-state index in [2.05, 4.69) is 22.2 Å². The van der Waals surface area contributed by atoms with Crippen molar-refractivity contribution in [3.8, 4) is 0 Å². The highest BCUT2D eigenvalue weighted by atomic mass is 35.5. The molecule has 3 heterocycles. The van der Waals surface area contributed by atoms with E-state index < -0.39 is 27.4 Å². The average molecular weight is 551 g/mol. The fourth-order valence-corrected chi connectivity index (χ4v) is 5.16. The van der Waals surface area contributed by atoms with Crippen molar-refractivity contribution >= 4 is 39.0 Å². The Bertz CT molecular complexity index is 1250. The number of rotatable bonds is 5. The van der Waals surface area contributed by atoms with E-state index >= 15 is 0 Å². The largest absolute Gasteiger partial charge is 0.490 e. The van der Waals surface area contributed by atoms with Crippen LogP contribution >= 0.6 is 11.6 Å². The second-order valence-electron chi connectivity index (χ2n) is 9.04. The zero-order valence-electron chi connectivity index (χ0n) is 19.5. The zero-order valence-corrected chi connectivity index (χ0v) is 21.1. The van der Waals surface area contributed by atoms with Crippen molar-refractivity contribution in [3.63, 3.8) is 0 Å². The predicted molar refractivity (Wildman–Crippen MR) is 126 cm³/mol. The van der Waals surface area contributed by atoms with Crippen LogP contribution in [0.3, 0.4) is 0 Å². The van der Waals surface area contributed by atoms with E-state index in [1.807, 2.05) is 18.3 Å². The van der Waals surface area contributed by atoms with E-state index in [1.54, 1.807) is 16.9 Å². The standard InChI is InChI=1S/C20H25ClN4O3S.C2HF3O2/c1-14-10-20(17-9-16(21)3-4-18(17)23-19(20)26)5-6-24(14)12-15-11-22-25(13-15)7-8-29(2,27)28;3-2(4,5)1(6)7/h3-4,9,11,13-14H,5-8,10,12H2,1-2H3,(H,23,26);(H,6,7). The minimum absolute atomic E-state index is 0.0647. The van der Waals surface area contributed by atoms with E-state index in [0.29, 0.717) is 11.6 Å². The number of nitrogens with one attached hydrogen (secondary N) is 1. The first-order valence-electron chi connectivity index (χ1n) is 11.0. The molecule has 9 nitrogen and oxygen atoms in total. The van der Waals surface area contributed by atoms with Crippen LogP contribution in [-0.2, 0) is 37.9 Å². The number of hydrogen-bond acceptors (Lipinski definition) is 6. The van der Waals surface area contributed by atoms with Gasteiger partial charge >= 0.3 is 12.1 Å². The monoisotopic (exact) mass is 550 g/mol. The highest BCUT2D eigenvalue weighted by molar-refractivity contribution is 7.90. The molecular formula is C22H26ClF3N4O5S. The fraction of sp³-hybridized carbons (Fsp3) is 0.500. The van der Waals surface area contributed by atoms with E-state index in [4.69, 9.17) is 21.5 Å². The number of aryl methyl sites for hydroxylation is 1. The summed E-state index contributed by atoms with van der Waals surface area (Å²) in [5.41, 5.74) is 2.40. The minimum atomic E-state index is -5.08. The summed E-state index contributed by atoms with van der Waals surface area (Å²) >= 11 is 6.21. The molecule has 1 fully saturated rings. The highest BCUT2D eigenvalue weighted by Crippen LogP contribution is 2.47. The number of piperidine rings is 1. The van der Waals surface area contributed by atoms with Crippen LogP contribution in [0.2, 0.25) is 5.02 Å². The van der Waals surface area contributed by atoms with E-state index in [-0.39, 0.29) is 17.7 Å². The summed E-state index contributed by atoms with van der Waals surface area (Å²) in [6, 6.07) is 5.81. The number of carbonyl (C=O) groups excluding carboxylic acids is 1. The van der Waals surface area contributed by atoms with Crippen molar-refractivity contribution in [2.24, 2.45) is 0 Å². The third-order valence-corrected chi connectivity index (χ3v) is 7.44. The molecule has 1 saturated heterocycles. The molecule has 0 radical (unpaired) electrons. The number of anilines is 1. The lowest BCUT2D eigenvalue weighted by Gasteiger charge is -2.42. The fourth-order valence-electron chi connectivity index (χ4n) is 4.47. The maximum Gasteiger partial charge on any atom is 0.490 e. The number of hydrogen-bond donors (Lipinski definition) is 2.